The van der Waals surface area contributed by atoms with Crippen LogP contribution in [-0.4, -0.2) is 35.3 Å². The van der Waals surface area contributed by atoms with Crippen LogP contribution in [0.3, 0.4) is 0 Å². The summed E-state index contributed by atoms with van der Waals surface area (Å²) in [6, 6.07) is 8.00. The van der Waals surface area contributed by atoms with E-state index in [1.807, 2.05) is 38.2 Å². The van der Waals surface area contributed by atoms with Crippen molar-refractivity contribution in [2.45, 2.75) is 38.4 Å². The zero-order valence-electron chi connectivity index (χ0n) is 12.5. The van der Waals surface area contributed by atoms with E-state index in [0.717, 1.165) is 47.9 Å². The first kappa shape index (κ1) is 16.8. The van der Waals surface area contributed by atoms with Gasteiger partial charge in [0, 0.05) is 13.6 Å². The van der Waals surface area contributed by atoms with Crippen molar-refractivity contribution in [3.8, 4) is 0 Å². The van der Waals surface area contributed by atoms with Gasteiger partial charge in [0.05, 0.1) is 5.25 Å². The van der Waals surface area contributed by atoms with Crippen LogP contribution in [-0.2, 0) is 16.0 Å². The van der Waals surface area contributed by atoms with Gasteiger partial charge >= 0.3 is 0 Å². The molecule has 0 aliphatic carbocycles. The molecule has 4 heteroatoms. The third kappa shape index (κ3) is 5.00. The molecule has 0 spiro atoms. The summed E-state index contributed by atoms with van der Waals surface area (Å²) >= 11 is 1.08. The van der Waals surface area contributed by atoms with Gasteiger partial charge in [-0.05, 0) is 30.9 Å². The van der Waals surface area contributed by atoms with E-state index in [1.165, 1.54) is 0 Å². The Morgan fingerprint density at radius 3 is 2.70 bits per heavy atom. The third-order valence-corrected chi connectivity index (χ3v) is 4.19. The summed E-state index contributed by atoms with van der Waals surface area (Å²) in [5.74, 6) is 0.0406. The monoisotopic (exact) mass is 293 g/mol. The van der Waals surface area contributed by atoms with Crippen LogP contribution in [0, 0.1) is 6.92 Å². The second-order valence-electron chi connectivity index (χ2n) is 4.96. The average molecular weight is 293 g/mol. The van der Waals surface area contributed by atoms with Crippen LogP contribution >= 0.6 is 11.8 Å². The molecule has 0 bridgehead atoms. The maximum absolute atomic E-state index is 12.4. The number of aryl methyl sites for hydroxylation is 1. The predicted octanol–water partition coefficient (Wildman–Crippen LogP) is 3.09. The van der Waals surface area contributed by atoms with Crippen molar-refractivity contribution < 1.29 is 9.59 Å². The van der Waals surface area contributed by atoms with Crippen LogP contribution in [0.5, 0.6) is 0 Å². The van der Waals surface area contributed by atoms with Crippen LogP contribution in [0.4, 0.5) is 0 Å². The van der Waals surface area contributed by atoms with Crippen LogP contribution in [0.15, 0.2) is 24.3 Å². The Labute approximate surface area is 125 Å². The number of thioether (sulfide) groups is 1. The summed E-state index contributed by atoms with van der Waals surface area (Å²) in [6.45, 7) is 4.88. The minimum atomic E-state index is -0.324. The van der Waals surface area contributed by atoms with Crippen molar-refractivity contribution in [1.82, 2.24) is 4.90 Å². The van der Waals surface area contributed by atoms with Gasteiger partial charge in [-0.3, -0.25) is 9.59 Å². The molecular formula is C16H23NO2S. The van der Waals surface area contributed by atoms with E-state index in [-0.39, 0.29) is 11.2 Å². The average Bonchev–Trinajstić information content (AvgIpc) is 2.45. The van der Waals surface area contributed by atoms with Crippen molar-refractivity contribution in [3.63, 3.8) is 0 Å². The predicted molar refractivity (Wildman–Crippen MR) is 85.6 cm³/mol. The van der Waals surface area contributed by atoms with E-state index in [4.69, 9.17) is 0 Å². The van der Waals surface area contributed by atoms with E-state index in [0.29, 0.717) is 6.42 Å². The van der Waals surface area contributed by atoms with Gasteiger partial charge in [0.2, 0.25) is 5.91 Å². The van der Waals surface area contributed by atoms with Crippen molar-refractivity contribution >= 4 is 23.3 Å². The summed E-state index contributed by atoms with van der Waals surface area (Å²) in [7, 11) is 1.81. The highest BCUT2D eigenvalue weighted by Gasteiger charge is 2.23. The van der Waals surface area contributed by atoms with E-state index in [2.05, 4.69) is 6.92 Å². The van der Waals surface area contributed by atoms with Gasteiger partial charge in [0.25, 0.3) is 0 Å². The minimum Gasteiger partial charge on any atom is -0.345 e. The summed E-state index contributed by atoms with van der Waals surface area (Å²) in [4.78, 5) is 25.0. The minimum absolute atomic E-state index is 0.0406. The van der Waals surface area contributed by atoms with E-state index < -0.39 is 0 Å². The highest BCUT2D eigenvalue weighted by molar-refractivity contribution is 8.13. The lowest BCUT2D eigenvalue weighted by molar-refractivity contribution is -0.129. The molecule has 0 aromatic heterocycles. The highest BCUT2D eigenvalue weighted by Crippen LogP contribution is 2.19. The first-order valence-electron chi connectivity index (χ1n) is 6.98. The van der Waals surface area contributed by atoms with E-state index in [9.17, 15) is 9.59 Å². The molecule has 0 fully saturated rings. The normalized spacial score (nSPS) is 11.9. The molecule has 1 amide bonds. The Kier molecular flexibility index (Phi) is 7.37. The van der Waals surface area contributed by atoms with Crippen molar-refractivity contribution in [1.29, 1.82) is 0 Å². The Morgan fingerprint density at radius 2 is 2.10 bits per heavy atom. The van der Waals surface area contributed by atoms with Gasteiger partial charge in [-0.1, -0.05) is 49.4 Å². The molecule has 1 rings (SSSR count). The van der Waals surface area contributed by atoms with Gasteiger partial charge in [0.1, 0.15) is 0 Å². The maximum Gasteiger partial charge on any atom is 0.236 e. The molecule has 0 heterocycles. The van der Waals surface area contributed by atoms with Gasteiger partial charge in [-0.15, -0.1) is 0 Å². The first-order chi connectivity index (χ1) is 9.60. The second kappa shape index (κ2) is 8.80. The SMILES string of the molecule is CCCCN(C)C(=O)C(Cc1ccccc1C)SC=O. The number of unbranched alkanes of at least 4 members (excludes halogenated alkanes) is 1. The lowest BCUT2D eigenvalue weighted by atomic mass is 10.0. The summed E-state index contributed by atoms with van der Waals surface area (Å²) in [5, 5.41) is -0.324. The molecule has 0 radical (unpaired) electrons. The van der Waals surface area contributed by atoms with E-state index >= 15 is 0 Å². The van der Waals surface area contributed by atoms with Crippen molar-refractivity contribution in [3.05, 3.63) is 35.4 Å². The number of hydrogen-bond acceptors (Lipinski definition) is 3. The molecule has 0 aliphatic rings. The molecular weight excluding hydrogens is 270 g/mol. The number of carbonyl (C=O) groups is 2. The molecule has 110 valence electrons. The third-order valence-electron chi connectivity index (χ3n) is 3.39. The summed E-state index contributed by atoms with van der Waals surface area (Å²) < 4.78 is 0. The molecule has 0 saturated carbocycles. The Hall–Kier alpha value is -1.29. The Bertz CT molecular complexity index is 448. The number of amides is 1. The lowest BCUT2D eigenvalue weighted by Crippen LogP contribution is -2.36. The fourth-order valence-electron chi connectivity index (χ4n) is 2.05. The maximum atomic E-state index is 12.4. The molecule has 3 nitrogen and oxygen atoms in total. The van der Waals surface area contributed by atoms with E-state index in [1.54, 1.807) is 4.90 Å². The number of rotatable bonds is 8. The number of carbonyl (C=O) groups excluding carboxylic acids is 2. The molecule has 0 saturated heterocycles. The van der Waals surface area contributed by atoms with Gasteiger partial charge < -0.3 is 4.90 Å². The Balaban J connectivity index is 2.75. The highest BCUT2D eigenvalue weighted by atomic mass is 32.2. The molecule has 0 N–H and O–H groups in total. The fraction of sp³-hybridized carbons (Fsp3) is 0.500. The summed E-state index contributed by atoms with van der Waals surface area (Å²) in [5.41, 5.74) is 3.06. The van der Waals surface area contributed by atoms with Crippen LogP contribution in [0.1, 0.15) is 30.9 Å². The fourth-order valence-corrected chi connectivity index (χ4v) is 2.76. The van der Waals surface area contributed by atoms with Crippen LogP contribution < -0.4 is 0 Å². The second-order valence-corrected chi connectivity index (χ2v) is 6.00. The zero-order valence-corrected chi connectivity index (χ0v) is 13.3. The molecule has 20 heavy (non-hydrogen) atoms. The largest absolute Gasteiger partial charge is 0.345 e. The number of hydrogen-bond donors (Lipinski definition) is 0. The molecule has 1 aromatic carbocycles. The molecule has 1 unspecified atom stereocenters. The quantitative estimate of drug-likeness (QED) is 0.691. The number of benzene rings is 1. The van der Waals surface area contributed by atoms with Gasteiger partial charge in [-0.25, -0.2) is 0 Å². The van der Waals surface area contributed by atoms with Crippen LogP contribution in [0.25, 0.3) is 0 Å². The molecule has 1 aromatic rings. The smallest absolute Gasteiger partial charge is 0.236 e. The van der Waals surface area contributed by atoms with Gasteiger partial charge in [-0.2, -0.15) is 0 Å². The first-order valence-corrected chi connectivity index (χ1v) is 7.93. The number of nitrogens with zero attached hydrogens (tertiary/aromatic N) is 1. The molecule has 0 aliphatic heterocycles. The standard InChI is InChI=1S/C16H23NO2S/c1-4-5-10-17(3)16(19)15(20-12-18)11-14-9-7-6-8-13(14)2/h6-9,12,15H,4-5,10-11H2,1-3H3. The van der Waals surface area contributed by atoms with Crippen molar-refractivity contribution in [2.75, 3.05) is 13.6 Å². The van der Waals surface area contributed by atoms with Crippen molar-refractivity contribution in [2.24, 2.45) is 0 Å². The zero-order chi connectivity index (χ0) is 15.0. The topological polar surface area (TPSA) is 37.4 Å². The van der Waals surface area contributed by atoms with Crippen LogP contribution in [0.2, 0.25) is 0 Å². The molecule has 1 atom stereocenters. The Morgan fingerprint density at radius 1 is 1.40 bits per heavy atom. The summed E-state index contributed by atoms with van der Waals surface area (Å²) in [6.07, 6.45) is 2.65. The lowest BCUT2D eigenvalue weighted by Gasteiger charge is -2.22. The van der Waals surface area contributed by atoms with Gasteiger partial charge in [0.15, 0.2) is 5.62 Å².